The van der Waals surface area contributed by atoms with E-state index in [0.29, 0.717) is 11.3 Å². The van der Waals surface area contributed by atoms with E-state index in [2.05, 4.69) is 25.9 Å². The van der Waals surface area contributed by atoms with Gasteiger partial charge in [0, 0.05) is 11.3 Å². The van der Waals surface area contributed by atoms with Crippen LogP contribution >= 0.6 is 0 Å². The summed E-state index contributed by atoms with van der Waals surface area (Å²) in [5.74, 6) is 0.565. The number of hydrogen-bond donors (Lipinski definition) is 1. The fourth-order valence-electron chi connectivity index (χ4n) is 3.07. The third-order valence-corrected chi connectivity index (χ3v) is 4.39. The van der Waals surface area contributed by atoms with Gasteiger partial charge in [-0.2, -0.15) is 0 Å². The topological polar surface area (TPSA) is 32.6 Å². The van der Waals surface area contributed by atoms with Crippen molar-refractivity contribution in [3.63, 3.8) is 0 Å². The molecular formula is C10H17NO. The van der Waals surface area contributed by atoms with Crippen LogP contribution in [-0.4, -0.2) is 10.9 Å². The Morgan fingerprint density at radius 1 is 1.42 bits per heavy atom. The van der Waals surface area contributed by atoms with Crippen molar-refractivity contribution in [2.45, 2.75) is 40.0 Å². The predicted octanol–water partition coefficient (Wildman–Crippen LogP) is 2.66. The van der Waals surface area contributed by atoms with E-state index in [4.69, 9.17) is 5.21 Å². The maximum Gasteiger partial charge on any atom is 0.0663 e. The molecule has 0 heterocycles. The number of hydrogen-bond acceptors (Lipinski definition) is 2. The highest BCUT2D eigenvalue weighted by Gasteiger charge is 2.58. The van der Waals surface area contributed by atoms with Gasteiger partial charge in [0.05, 0.1) is 5.71 Å². The minimum absolute atomic E-state index is 0.116. The summed E-state index contributed by atoms with van der Waals surface area (Å²) in [5, 5.41) is 12.4. The molecule has 0 amide bonds. The van der Waals surface area contributed by atoms with Gasteiger partial charge in [0.1, 0.15) is 0 Å². The number of fused-ring (bicyclic) bond motifs is 2. The molecule has 0 spiro atoms. The fourth-order valence-corrected chi connectivity index (χ4v) is 3.07. The summed E-state index contributed by atoms with van der Waals surface area (Å²) in [7, 11) is 0. The van der Waals surface area contributed by atoms with E-state index in [-0.39, 0.29) is 5.41 Å². The second kappa shape index (κ2) is 2.04. The minimum atomic E-state index is 0.116. The van der Waals surface area contributed by atoms with Crippen molar-refractivity contribution >= 4 is 5.71 Å². The van der Waals surface area contributed by atoms with Crippen molar-refractivity contribution in [2.24, 2.45) is 21.9 Å². The molecule has 2 fully saturated rings. The molecule has 2 heteroatoms. The van der Waals surface area contributed by atoms with Crippen LogP contribution in [0.2, 0.25) is 0 Å². The Balaban J connectivity index is 2.45. The lowest BCUT2D eigenvalue weighted by Crippen LogP contribution is -2.37. The molecule has 2 bridgehead atoms. The van der Waals surface area contributed by atoms with Gasteiger partial charge in [-0.1, -0.05) is 25.9 Å². The Kier molecular flexibility index (Phi) is 1.37. The van der Waals surface area contributed by atoms with Gasteiger partial charge in [-0.15, -0.1) is 0 Å². The molecule has 2 atom stereocenters. The molecular weight excluding hydrogens is 150 g/mol. The zero-order valence-corrected chi connectivity index (χ0v) is 8.09. The maximum absolute atomic E-state index is 8.93. The van der Waals surface area contributed by atoms with Crippen LogP contribution < -0.4 is 0 Å². The third-order valence-electron chi connectivity index (χ3n) is 4.39. The Hall–Kier alpha value is -0.530. The molecule has 2 rings (SSSR count). The van der Waals surface area contributed by atoms with E-state index in [1.54, 1.807) is 0 Å². The van der Waals surface area contributed by atoms with Crippen LogP contribution in [0.3, 0.4) is 0 Å². The predicted molar refractivity (Wildman–Crippen MR) is 48.5 cm³/mol. The molecule has 0 aromatic heterocycles. The number of rotatable bonds is 0. The van der Waals surface area contributed by atoms with Crippen molar-refractivity contribution in [1.82, 2.24) is 0 Å². The van der Waals surface area contributed by atoms with E-state index < -0.39 is 0 Å². The van der Waals surface area contributed by atoms with Gasteiger partial charge in [0.2, 0.25) is 0 Å². The lowest BCUT2D eigenvalue weighted by Gasteiger charge is -2.39. The summed E-state index contributed by atoms with van der Waals surface area (Å²) >= 11 is 0. The van der Waals surface area contributed by atoms with E-state index in [9.17, 15) is 0 Å². The van der Waals surface area contributed by atoms with Crippen molar-refractivity contribution < 1.29 is 5.21 Å². The van der Waals surface area contributed by atoms with E-state index >= 15 is 0 Å². The first kappa shape index (κ1) is 8.09. The molecule has 2 nitrogen and oxygen atoms in total. The second-order valence-corrected chi connectivity index (χ2v) is 5.11. The van der Waals surface area contributed by atoms with Crippen molar-refractivity contribution in [2.75, 3.05) is 0 Å². The molecule has 0 unspecified atom stereocenters. The lowest BCUT2D eigenvalue weighted by molar-refractivity contribution is 0.179. The van der Waals surface area contributed by atoms with Crippen LogP contribution in [0.5, 0.6) is 0 Å². The van der Waals surface area contributed by atoms with E-state index in [0.717, 1.165) is 5.71 Å². The van der Waals surface area contributed by atoms with Crippen LogP contribution in [0.25, 0.3) is 0 Å². The molecule has 0 aliphatic heterocycles. The van der Waals surface area contributed by atoms with Gasteiger partial charge in [-0.05, 0) is 24.7 Å². The Bertz CT molecular complexity index is 244. The maximum atomic E-state index is 8.93. The molecule has 0 aromatic rings. The summed E-state index contributed by atoms with van der Waals surface area (Å²) in [6, 6.07) is 0. The zero-order chi connectivity index (χ0) is 8.98. The fraction of sp³-hybridized carbons (Fsp3) is 0.900. The summed E-state index contributed by atoms with van der Waals surface area (Å²) in [6.45, 7) is 6.74. The Morgan fingerprint density at radius 2 is 2.08 bits per heavy atom. The highest BCUT2D eigenvalue weighted by atomic mass is 16.4. The van der Waals surface area contributed by atoms with Crippen molar-refractivity contribution in [3.8, 4) is 0 Å². The van der Waals surface area contributed by atoms with E-state index in [1.165, 1.54) is 19.3 Å². The Morgan fingerprint density at radius 3 is 2.42 bits per heavy atom. The molecule has 12 heavy (non-hydrogen) atoms. The van der Waals surface area contributed by atoms with Crippen LogP contribution in [-0.2, 0) is 0 Å². The largest absolute Gasteiger partial charge is 0.411 e. The molecule has 0 radical (unpaired) electrons. The molecule has 0 saturated heterocycles. The zero-order valence-electron chi connectivity index (χ0n) is 8.09. The van der Waals surface area contributed by atoms with Gasteiger partial charge >= 0.3 is 0 Å². The van der Waals surface area contributed by atoms with Crippen LogP contribution in [0.4, 0.5) is 0 Å². The standard InChI is InChI=1S/C10H17NO/c1-9(2)8(11-12)7-4-5-10(9,3)6-7/h7,12H,4-6H2,1-3H3/b11-8-/t7-,10-/m0/s1. The first-order valence-corrected chi connectivity index (χ1v) is 4.74. The first-order valence-electron chi connectivity index (χ1n) is 4.74. The lowest BCUT2D eigenvalue weighted by atomic mass is 9.65. The van der Waals surface area contributed by atoms with Crippen LogP contribution in [0, 0.1) is 16.7 Å². The van der Waals surface area contributed by atoms with Gasteiger partial charge in [-0.25, -0.2) is 0 Å². The smallest absolute Gasteiger partial charge is 0.0663 e. The Labute approximate surface area is 73.7 Å². The number of oxime groups is 1. The average molecular weight is 167 g/mol. The van der Waals surface area contributed by atoms with Gasteiger partial charge in [-0.3, -0.25) is 0 Å². The van der Waals surface area contributed by atoms with Gasteiger partial charge < -0.3 is 5.21 Å². The quantitative estimate of drug-likeness (QED) is 0.436. The van der Waals surface area contributed by atoms with Crippen LogP contribution in [0.1, 0.15) is 40.0 Å². The normalized spacial score (nSPS) is 47.2. The third kappa shape index (κ3) is 0.686. The summed E-state index contributed by atoms with van der Waals surface area (Å²) < 4.78 is 0. The highest BCUT2D eigenvalue weighted by Crippen LogP contribution is 2.62. The van der Waals surface area contributed by atoms with Crippen LogP contribution in [0.15, 0.2) is 5.16 Å². The number of nitrogens with zero attached hydrogens (tertiary/aromatic N) is 1. The average Bonchev–Trinajstić information content (AvgIpc) is 2.41. The van der Waals surface area contributed by atoms with Crippen molar-refractivity contribution in [1.29, 1.82) is 0 Å². The van der Waals surface area contributed by atoms with Crippen molar-refractivity contribution in [3.05, 3.63) is 0 Å². The van der Waals surface area contributed by atoms with Gasteiger partial charge in [0.25, 0.3) is 0 Å². The molecule has 2 aliphatic carbocycles. The molecule has 0 aromatic carbocycles. The summed E-state index contributed by atoms with van der Waals surface area (Å²) in [6.07, 6.45) is 3.74. The molecule has 2 saturated carbocycles. The minimum Gasteiger partial charge on any atom is -0.411 e. The van der Waals surface area contributed by atoms with Gasteiger partial charge in [0.15, 0.2) is 0 Å². The first-order chi connectivity index (χ1) is 5.51. The van der Waals surface area contributed by atoms with E-state index in [1.807, 2.05) is 0 Å². The monoisotopic (exact) mass is 167 g/mol. The summed E-state index contributed by atoms with van der Waals surface area (Å²) in [5.41, 5.74) is 1.54. The molecule has 68 valence electrons. The molecule has 2 aliphatic rings. The summed E-state index contributed by atoms with van der Waals surface area (Å²) in [4.78, 5) is 0. The highest BCUT2D eigenvalue weighted by molar-refractivity contribution is 5.95. The molecule has 1 N–H and O–H groups in total. The SMILES string of the molecule is CC1(C)/C(=N\O)[C@H]2CC[C@@]1(C)C2. The second-order valence-electron chi connectivity index (χ2n) is 5.11.